The summed E-state index contributed by atoms with van der Waals surface area (Å²) in [5.74, 6) is 0.840. The predicted octanol–water partition coefficient (Wildman–Crippen LogP) is 1.57. The van der Waals surface area contributed by atoms with Crippen LogP contribution in [0, 0.1) is 22.0 Å². The maximum Gasteiger partial charge on any atom is 0.289 e. The zero-order valence-corrected chi connectivity index (χ0v) is 12.1. The first-order valence-electron chi connectivity index (χ1n) is 6.31. The first kappa shape index (κ1) is 14.7. The zero-order valence-electron chi connectivity index (χ0n) is 11.3. The number of sulfonamides is 1. The van der Waals surface area contributed by atoms with E-state index in [0.717, 1.165) is 6.42 Å². The molecule has 0 amide bonds. The third-order valence-corrected chi connectivity index (χ3v) is 5.00. The molecule has 0 radical (unpaired) electrons. The van der Waals surface area contributed by atoms with E-state index in [2.05, 4.69) is 10.0 Å². The molecule has 110 valence electrons. The molecule has 1 saturated carbocycles. The lowest BCUT2D eigenvalue weighted by atomic mass is 10.3. The Labute approximate surface area is 117 Å². The highest BCUT2D eigenvalue weighted by Gasteiger charge is 2.34. The van der Waals surface area contributed by atoms with Crippen LogP contribution in [-0.2, 0) is 10.0 Å². The van der Waals surface area contributed by atoms with E-state index >= 15 is 0 Å². The van der Waals surface area contributed by atoms with Crippen LogP contribution in [0.1, 0.15) is 13.3 Å². The molecule has 2 atom stereocenters. The average Bonchev–Trinajstić information content (AvgIpc) is 3.11. The van der Waals surface area contributed by atoms with Crippen molar-refractivity contribution >= 4 is 21.4 Å². The van der Waals surface area contributed by atoms with Crippen LogP contribution in [0.5, 0.6) is 0 Å². The third kappa shape index (κ3) is 3.07. The van der Waals surface area contributed by atoms with Crippen LogP contribution in [0.15, 0.2) is 23.1 Å². The topological polar surface area (TPSA) is 101 Å². The maximum atomic E-state index is 12.2. The molecule has 20 heavy (non-hydrogen) atoms. The Morgan fingerprint density at radius 1 is 1.45 bits per heavy atom. The van der Waals surface area contributed by atoms with Crippen molar-refractivity contribution in [2.24, 2.45) is 11.8 Å². The largest absolute Gasteiger partial charge is 0.388 e. The van der Waals surface area contributed by atoms with Gasteiger partial charge in [0.15, 0.2) is 4.90 Å². The smallest absolute Gasteiger partial charge is 0.289 e. The normalized spacial score (nSPS) is 21.5. The van der Waals surface area contributed by atoms with Crippen molar-refractivity contribution in [3.05, 3.63) is 28.3 Å². The van der Waals surface area contributed by atoms with E-state index in [1.165, 1.54) is 18.2 Å². The lowest BCUT2D eigenvalue weighted by molar-refractivity contribution is -0.387. The van der Waals surface area contributed by atoms with Gasteiger partial charge in [-0.1, -0.05) is 6.92 Å². The Kier molecular flexibility index (Phi) is 3.96. The molecular weight excluding hydrogens is 282 g/mol. The molecule has 1 fully saturated rings. The predicted molar refractivity (Wildman–Crippen MR) is 75.1 cm³/mol. The summed E-state index contributed by atoms with van der Waals surface area (Å²) in [7, 11) is -2.26. The Morgan fingerprint density at radius 3 is 2.60 bits per heavy atom. The molecular formula is C12H17N3O4S. The molecule has 1 aromatic carbocycles. The van der Waals surface area contributed by atoms with E-state index < -0.39 is 20.6 Å². The Morgan fingerprint density at radius 2 is 2.10 bits per heavy atom. The summed E-state index contributed by atoms with van der Waals surface area (Å²) in [4.78, 5) is 9.97. The first-order valence-corrected chi connectivity index (χ1v) is 7.79. The summed E-state index contributed by atoms with van der Waals surface area (Å²) in [6, 6.07) is 3.94. The van der Waals surface area contributed by atoms with Gasteiger partial charge in [-0.05, 0) is 30.4 Å². The summed E-state index contributed by atoms with van der Waals surface area (Å²) in [6.07, 6.45) is 0.987. The molecule has 0 aromatic heterocycles. The number of hydrogen-bond acceptors (Lipinski definition) is 5. The minimum absolute atomic E-state index is 0.303. The molecule has 7 nitrogen and oxygen atoms in total. The first-order chi connectivity index (χ1) is 9.35. The van der Waals surface area contributed by atoms with Gasteiger partial charge in [0, 0.05) is 25.3 Å². The Balaban J connectivity index is 2.30. The van der Waals surface area contributed by atoms with Crippen LogP contribution in [0.3, 0.4) is 0 Å². The molecule has 8 heteroatoms. The number of nitro benzene ring substituents is 1. The second kappa shape index (κ2) is 5.37. The van der Waals surface area contributed by atoms with Crippen molar-refractivity contribution in [3.63, 3.8) is 0 Å². The Hall–Kier alpha value is -1.67. The molecule has 0 heterocycles. The second-order valence-corrected chi connectivity index (χ2v) is 6.75. The van der Waals surface area contributed by atoms with Gasteiger partial charge in [-0.3, -0.25) is 10.1 Å². The molecule has 1 aliphatic carbocycles. The van der Waals surface area contributed by atoms with Gasteiger partial charge in [0.1, 0.15) is 0 Å². The Bertz CT molecular complexity index is 630. The van der Waals surface area contributed by atoms with Gasteiger partial charge in [-0.2, -0.15) is 0 Å². The van der Waals surface area contributed by atoms with E-state index in [1.54, 1.807) is 7.05 Å². The van der Waals surface area contributed by atoms with E-state index in [4.69, 9.17) is 0 Å². The van der Waals surface area contributed by atoms with E-state index in [0.29, 0.717) is 24.1 Å². The minimum atomic E-state index is -3.88. The molecule has 1 aromatic rings. The lowest BCUT2D eigenvalue weighted by Crippen LogP contribution is -2.27. The molecule has 0 aliphatic heterocycles. The highest BCUT2D eigenvalue weighted by molar-refractivity contribution is 7.89. The second-order valence-electron chi connectivity index (χ2n) is 5.01. The quantitative estimate of drug-likeness (QED) is 0.613. The number of anilines is 1. The molecule has 2 unspecified atom stereocenters. The number of benzene rings is 1. The minimum Gasteiger partial charge on any atom is -0.388 e. The van der Waals surface area contributed by atoms with Gasteiger partial charge in [0.25, 0.3) is 5.69 Å². The highest BCUT2D eigenvalue weighted by atomic mass is 32.2. The van der Waals surface area contributed by atoms with Crippen LogP contribution in [0.25, 0.3) is 0 Å². The molecule has 0 saturated heterocycles. The number of nitrogens with one attached hydrogen (secondary N) is 2. The zero-order chi connectivity index (χ0) is 14.9. The standard InChI is InChI=1S/C12H17N3O4S/c1-8-5-9(8)7-14-20(18,19)12-6-10(13-2)3-4-11(12)15(16)17/h3-4,6,8-9,13-14H,5,7H2,1-2H3. The maximum absolute atomic E-state index is 12.2. The molecule has 0 spiro atoms. The SMILES string of the molecule is CNc1ccc([N+](=O)[O-])c(S(=O)(=O)NCC2CC2C)c1. The van der Waals surface area contributed by atoms with Gasteiger partial charge >= 0.3 is 0 Å². The molecule has 2 N–H and O–H groups in total. The summed E-state index contributed by atoms with van der Waals surface area (Å²) >= 11 is 0. The van der Waals surface area contributed by atoms with E-state index in [1.807, 2.05) is 6.92 Å². The average molecular weight is 299 g/mol. The molecule has 2 rings (SSSR count). The van der Waals surface area contributed by atoms with E-state index in [-0.39, 0.29) is 4.90 Å². The number of nitrogens with zero attached hydrogens (tertiary/aromatic N) is 1. The summed E-state index contributed by atoms with van der Waals surface area (Å²) in [5, 5.41) is 13.7. The fourth-order valence-corrected chi connectivity index (χ4v) is 3.30. The van der Waals surface area contributed by atoms with Gasteiger partial charge < -0.3 is 5.32 Å². The fraction of sp³-hybridized carbons (Fsp3) is 0.500. The molecule has 0 bridgehead atoms. The van der Waals surface area contributed by atoms with E-state index in [9.17, 15) is 18.5 Å². The lowest BCUT2D eigenvalue weighted by Gasteiger charge is -2.08. The molecule has 1 aliphatic rings. The van der Waals surface area contributed by atoms with Gasteiger partial charge in [-0.15, -0.1) is 0 Å². The number of nitro groups is 1. The van der Waals surface area contributed by atoms with Gasteiger partial charge in [-0.25, -0.2) is 13.1 Å². The monoisotopic (exact) mass is 299 g/mol. The van der Waals surface area contributed by atoms with Crippen LogP contribution >= 0.6 is 0 Å². The van der Waals surface area contributed by atoms with Crippen molar-refractivity contribution in [2.45, 2.75) is 18.2 Å². The summed E-state index contributed by atoms with van der Waals surface area (Å²) in [5.41, 5.74) is 0.0936. The van der Waals surface area contributed by atoms with Crippen LogP contribution < -0.4 is 10.0 Å². The van der Waals surface area contributed by atoms with Crippen molar-refractivity contribution in [3.8, 4) is 0 Å². The third-order valence-electron chi connectivity index (χ3n) is 3.55. The van der Waals surface area contributed by atoms with Crippen LogP contribution in [0.4, 0.5) is 11.4 Å². The van der Waals surface area contributed by atoms with Gasteiger partial charge in [0.2, 0.25) is 10.0 Å². The van der Waals surface area contributed by atoms with Crippen molar-refractivity contribution in [1.82, 2.24) is 4.72 Å². The number of hydrogen-bond donors (Lipinski definition) is 2. The van der Waals surface area contributed by atoms with Crippen molar-refractivity contribution in [2.75, 3.05) is 18.9 Å². The summed E-state index contributed by atoms with van der Waals surface area (Å²) < 4.78 is 26.9. The summed E-state index contributed by atoms with van der Waals surface area (Å²) in [6.45, 7) is 2.37. The fourth-order valence-electron chi connectivity index (χ4n) is 2.01. The highest BCUT2D eigenvalue weighted by Crippen LogP contribution is 2.37. The van der Waals surface area contributed by atoms with Crippen molar-refractivity contribution in [1.29, 1.82) is 0 Å². The van der Waals surface area contributed by atoms with Crippen LogP contribution in [0.2, 0.25) is 0 Å². The van der Waals surface area contributed by atoms with Crippen LogP contribution in [-0.4, -0.2) is 26.9 Å². The van der Waals surface area contributed by atoms with Crippen molar-refractivity contribution < 1.29 is 13.3 Å². The van der Waals surface area contributed by atoms with Gasteiger partial charge in [0.05, 0.1) is 4.92 Å². The number of rotatable bonds is 6.